The Morgan fingerprint density at radius 2 is 2.22 bits per heavy atom. The topological polar surface area (TPSA) is 93.5 Å². The van der Waals surface area contributed by atoms with E-state index in [-0.39, 0.29) is 0 Å². The Balaban J connectivity index is 1.57. The van der Waals surface area contributed by atoms with Gasteiger partial charge in [-0.3, -0.25) is 0 Å². The van der Waals surface area contributed by atoms with Crippen molar-refractivity contribution in [1.82, 2.24) is 29.5 Å². The molecule has 0 aliphatic heterocycles. The summed E-state index contributed by atoms with van der Waals surface area (Å²) >= 11 is 3.53. The van der Waals surface area contributed by atoms with Crippen molar-refractivity contribution in [3.05, 3.63) is 47.7 Å². The minimum absolute atomic E-state index is 0.558. The van der Waals surface area contributed by atoms with E-state index in [1.54, 1.807) is 19.6 Å². The number of H-pyrrole nitrogens is 1. The Kier molecular flexibility index (Phi) is 5.01. The molecule has 0 bridgehead atoms. The molecule has 9 heteroatoms. The molecule has 0 aliphatic carbocycles. The van der Waals surface area contributed by atoms with Crippen LogP contribution in [0, 0.1) is 0 Å². The number of fused-ring (bicyclic) bond motifs is 1. The van der Waals surface area contributed by atoms with Gasteiger partial charge in [-0.15, -0.1) is 0 Å². The number of ether oxygens (including phenoxy) is 1. The zero-order valence-corrected chi connectivity index (χ0v) is 16.3. The Morgan fingerprint density at radius 1 is 1.30 bits per heavy atom. The second-order valence-corrected chi connectivity index (χ2v) is 6.78. The van der Waals surface area contributed by atoms with Crippen molar-refractivity contribution in [2.24, 2.45) is 0 Å². The van der Waals surface area contributed by atoms with Gasteiger partial charge in [0.2, 0.25) is 5.95 Å². The molecule has 8 nitrogen and oxygen atoms in total. The summed E-state index contributed by atoms with van der Waals surface area (Å²) < 4.78 is 8.22. The fraction of sp³-hybridized carbons (Fsp3) is 0.222. The molecule has 4 aromatic rings. The molecule has 3 heterocycles. The largest absolute Gasteiger partial charge is 0.496 e. The van der Waals surface area contributed by atoms with Gasteiger partial charge in [-0.2, -0.15) is 4.98 Å². The minimum atomic E-state index is 0.558. The zero-order chi connectivity index (χ0) is 18.6. The summed E-state index contributed by atoms with van der Waals surface area (Å²) in [4.78, 5) is 20.7. The van der Waals surface area contributed by atoms with Crippen molar-refractivity contribution in [2.45, 2.75) is 13.0 Å². The van der Waals surface area contributed by atoms with Gasteiger partial charge in [0.1, 0.15) is 17.0 Å². The standard InChI is InChI=1S/C18H18BrN7O/c1-27-14-4-3-12(9-13(14)19)15-16-17(23-10-22-16)25-18(24-15)21-5-2-7-26-8-6-20-11-26/h3-4,6,8-11H,2,5,7H2,1H3,(H2,21,22,23,24,25). The number of halogens is 1. The van der Waals surface area contributed by atoms with Crippen molar-refractivity contribution in [1.29, 1.82) is 0 Å². The molecule has 0 radical (unpaired) electrons. The second kappa shape index (κ2) is 7.75. The quantitative estimate of drug-likeness (QED) is 0.438. The number of nitrogens with zero attached hydrogens (tertiary/aromatic N) is 5. The third-order valence-corrected chi connectivity index (χ3v) is 4.77. The van der Waals surface area contributed by atoms with E-state index in [2.05, 4.69) is 41.2 Å². The normalized spacial score (nSPS) is 11.0. The number of aromatic nitrogens is 6. The Morgan fingerprint density at radius 3 is 3.00 bits per heavy atom. The number of hydrogen-bond donors (Lipinski definition) is 2. The van der Waals surface area contributed by atoms with Crippen LogP contribution in [-0.4, -0.2) is 43.1 Å². The SMILES string of the molecule is COc1ccc(-c2nc(NCCCn3ccnc3)nc3nc[nH]c23)cc1Br. The van der Waals surface area contributed by atoms with Crippen LogP contribution in [0.15, 0.2) is 47.7 Å². The van der Waals surface area contributed by atoms with Gasteiger partial charge in [-0.1, -0.05) is 0 Å². The summed E-state index contributed by atoms with van der Waals surface area (Å²) in [6.07, 6.45) is 8.10. The number of benzene rings is 1. The van der Waals surface area contributed by atoms with Crippen LogP contribution < -0.4 is 10.1 Å². The number of nitrogens with one attached hydrogen (secondary N) is 2. The van der Waals surface area contributed by atoms with E-state index >= 15 is 0 Å². The maximum absolute atomic E-state index is 5.31. The van der Waals surface area contributed by atoms with Crippen LogP contribution in [0.4, 0.5) is 5.95 Å². The molecule has 0 saturated carbocycles. The highest BCUT2D eigenvalue weighted by Crippen LogP contribution is 2.32. The highest BCUT2D eigenvalue weighted by molar-refractivity contribution is 9.10. The summed E-state index contributed by atoms with van der Waals surface area (Å²) in [5, 5.41) is 3.29. The number of rotatable bonds is 7. The van der Waals surface area contributed by atoms with Crippen molar-refractivity contribution < 1.29 is 4.74 Å². The van der Waals surface area contributed by atoms with Crippen molar-refractivity contribution in [3.8, 4) is 17.0 Å². The molecule has 0 amide bonds. The van der Waals surface area contributed by atoms with Crippen LogP contribution in [0.3, 0.4) is 0 Å². The van der Waals surface area contributed by atoms with Crippen LogP contribution in [0.25, 0.3) is 22.4 Å². The van der Waals surface area contributed by atoms with Crippen LogP contribution >= 0.6 is 15.9 Å². The average Bonchev–Trinajstić information content (AvgIpc) is 3.36. The molecule has 0 saturated heterocycles. The van der Waals surface area contributed by atoms with Gasteiger partial charge in [0.15, 0.2) is 5.65 Å². The first-order valence-corrected chi connectivity index (χ1v) is 9.28. The van der Waals surface area contributed by atoms with E-state index in [0.717, 1.165) is 46.5 Å². The molecule has 138 valence electrons. The van der Waals surface area contributed by atoms with E-state index in [0.29, 0.717) is 11.6 Å². The monoisotopic (exact) mass is 427 g/mol. The fourth-order valence-electron chi connectivity index (χ4n) is 2.82. The van der Waals surface area contributed by atoms with Gasteiger partial charge in [0, 0.05) is 31.0 Å². The van der Waals surface area contributed by atoms with Gasteiger partial charge >= 0.3 is 0 Å². The lowest BCUT2D eigenvalue weighted by Gasteiger charge is -2.10. The van der Waals surface area contributed by atoms with Crippen LogP contribution in [0.2, 0.25) is 0 Å². The van der Waals surface area contributed by atoms with E-state index in [4.69, 9.17) is 9.72 Å². The van der Waals surface area contributed by atoms with Crippen LogP contribution in [0.1, 0.15) is 6.42 Å². The smallest absolute Gasteiger partial charge is 0.225 e. The number of aromatic amines is 1. The van der Waals surface area contributed by atoms with Crippen LogP contribution in [-0.2, 0) is 6.54 Å². The van der Waals surface area contributed by atoms with E-state index in [9.17, 15) is 0 Å². The zero-order valence-electron chi connectivity index (χ0n) is 14.7. The van der Waals surface area contributed by atoms with Crippen molar-refractivity contribution in [3.63, 3.8) is 0 Å². The molecule has 3 aromatic heterocycles. The minimum Gasteiger partial charge on any atom is -0.496 e. The van der Waals surface area contributed by atoms with Gasteiger partial charge in [0.05, 0.1) is 24.2 Å². The Hall–Kier alpha value is -2.94. The van der Waals surface area contributed by atoms with E-state index < -0.39 is 0 Å². The summed E-state index contributed by atoms with van der Waals surface area (Å²) in [5.41, 5.74) is 3.17. The molecular formula is C18H18BrN7O. The third kappa shape index (κ3) is 3.77. The molecule has 0 aliphatic rings. The molecule has 0 unspecified atom stereocenters. The second-order valence-electron chi connectivity index (χ2n) is 5.93. The predicted octanol–water partition coefficient (Wildman–Crippen LogP) is 3.49. The van der Waals surface area contributed by atoms with E-state index in [1.807, 2.05) is 35.3 Å². The lowest BCUT2D eigenvalue weighted by atomic mass is 10.1. The van der Waals surface area contributed by atoms with Crippen LogP contribution in [0.5, 0.6) is 5.75 Å². The maximum atomic E-state index is 5.31. The molecule has 0 fully saturated rings. The average molecular weight is 428 g/mol. The molecule has 2 N–H and O–H groups in total. The predicted molar refractivity (Wildman–Crippen MR) is 107 cm³/mol. The maximum Gasteiger partial charge on any atom is 0.225 e. The first-order valence-electron chi connectivity index (χ1n) is 8.49. The number of imidazole rings is 2. The van der Waals surface area contributed by atoms with Crippen molar-refractivity contribution in [2.75, 3.05) is 19.0 Å². The molecule has 0 atom stereocenters. The summed E-state index contributed by atoms with van der Waals surface area (Å²) in [6.45, 7) is 1.63. The molecule has 4 rings (SSSR count). The molecule has 1 aromatic carbocycles. The molecule has 27 heavy (non-hydrogen) atoms. The highest BCUT2D eigenvalue weighted by Gasteiger charge is 2.13. The highest BCUT2D eigenvalue weighted by atomic mass is 79.9. The molecule has 0 spiro atoms. The van der Waals surface area contributed by atoms with Gasteiger partial charge in [-0.25, -0.2) is 15.0 Å². The number of aryl methyl sites for hydroxylation is 1. The number of anilines is 1. The number of hydrogen-bond acceptors (Lipinski definition) is 6. The summed E-state index contributed by atoms with van der Waals surface area (Å²) in [7, 11) is 1.64. The Bertz CT molecular complexity index is 1050. The molecular weight excluding hydrogens is 410 g/mol. The first-order chi connectivity index (χ1) is 13.2. The lowest BCUT2D eigenvalue weighted by molar-refractivity contribution is 0.412. The number of methoxy groups -OCH3 is 1. The Labute approximate surface area is 164 Å². The summed E-state index contributed by atoms with van der Waals surface area (Å²) in [5.74, 6) is 1.33. The summed E-state index contributed by atoms with van der Waals surface area (Å²) in [6, 6.07) is 5.85. The van der Waals surface area contributed by atoms with Crippen molar-refractivity contribution >= 4 is 33.0 Å². The first kappa shape index (κ1) is 17.5. The lowest BCUT2D eigenvalue weighted by Crippen LogP contribution is -2.09. The van der Waals surface area contributed by atoms with E-state index in [1.165, 1.54) is 0 Å². The van der Waals surface area contributed by atoms with Gasteiger partial charge in [0.25, 0.3) is 0 Å². The van der Waals surface area contributed by atoms with Gasteiger partial charge in [-0.05, 0) is 40.5 Å². The fourth-order valence-corrected chi connectivity index (χ4v) is 3.36. The van der Waals surface area contributed by atoms with Gasteiger partial charge < -0.3 is 19.6 Å². The third-order valence-electron chi connectivity index (χ3n) is 4.15.